The first kappa shape index (κ1) is 23.4. The summed E-state index contributed by atoms with van der Waals surface area (Å²) in [4.78, 5) is 10.3. The number of thiophene rings is 1. The average molecular weight is 555 g/mol. The average Bonchev–Trinajstić information content (AvgIpc) is 3.64. The van der Waals surface area contributed by atoms with Crippen LogP contribution in [0.15, 0.2) is 138 Å². The van der Waals surface area contributed by atoms with Crippen LogP contribution in [0.3, 0.4) is 0 Å². The molecule has 9 rings (SSSR count). The van der Waals surface area contributed by atoms with Gasteiger partial charge in [-0.2, -0.15) is 0 Å². The highest BCUT2D eigenvalue weighted by molar-refractivity contribution is 7.26. The lowest BCUT2D eigenvalue weighted by atomic mass is 9.99. The van der Waals surface area contributed by atoms with Crippen LogP contribution in [0.25, 0.3) is 86.8 Å². The molecule has 0 saturated carbocycles. The Labute approximate surface area is 245 Å². The Morgan fingerprint density at radius 1 is 0.500 bits per heavy atom. The molecule has 3 aromatic heterocycles. The minimum Gasteiger partial charge on any atom is -0.455 e. The molecular weight excluding hydrogens is 532 g/mol. The largest absolute Gasteiger partial charge is 0.455 e. The van der Waals surface area contributed by atoms with Crippen LogP contribution in [0.5, 0.6) is 0 Å². The van der Waals surface area contributed by atoms with Gasteiger partial charge in [0.2, 0.25) is 0 Å². The van der Waals surface area contributed by atoms with E-state index in [0.717, 1.165) is 55.4 Å². The molecule has 0 aliphatic carbocycles. The van der Waals surface area contributed by atoms with Crippen molar-refractivity contribution in [2.24, 2.45) is 0 Å². The Morgan fingerprint density at radius 2 is 1.19 bits per heavy atom. The molecule has 0 fully saturated rings. The number of nitrogens with zero attached hydrogens (tertiary/aromatic N) is 2. The van der Waals surface area contributed by atoms with E-state index in [1.807, 2.05) is 53.8 Å². The lowest BCUT2D eigenvalue weighted by Crippen LogP contribution is -1.96. The van der Waals surface area contributed by atoms with Gasteiger partial charge in [-0.05, 0) is 35.7 Å². The molecule has 0 aliphatic rings. The standard InChI is InChI=1S/C38H22N2OS/c1-3-10-23(11-4-1)29-22-30(24-12-5-2-6-13-24)40-38(39-29)28-15-9-16-31-35(28)27-20-18-25-19-21-33-36(34(25)37(27)41-31)26-14-7-8-17-32(26)42-33/h1-22H. The third-order valence-corrected chi connectivity index (χ3v) is 9.23. The van der Waals surface area contributed by atoms with E-state index in [2.05, 4.69) is 91.0 Å². The number of fused-ring (bicyclic) bond motifs is 9. The van der Waals surface area contributed by atoms with Crippen molar-refractivity contribution in [3.05, 3.63) is 133 Å². The van der Waals surface area contributed by atoms with Crippen molar-refractivity contribution >= 4 is 64.2 Å². The van der Waals surface area contributed by atoms with Crippen molar-refractivity contribution < 1.29 is 4.42 Å². The minimum absolute atomic E-state index is 0.683. The van der Waals surface area contributed by atoms with Crippen molar-refractivity contribution in [3.8, 4) is 33.9 Å². The topological polar surface area (TPSA) is 38.9 Å². The number of hydrogen-bond acceptors (Lipinski definition) is 4. The summed E-state index contributed by atoms with van der Waals surface area (Å²) in [5.74, 6) is 0.683. The molecule has 3 nitrogen and oxygen atoms in total. The Bertz CT molecular complexity index is 2400. The van der Waals surface area contributed by atoms with Gasteiger partial charge in [0.1, 0.15) is 11.2 Å². The van der Waals surface area contributed by atoms with E-state index in [-0.39, 0.29) is 0 Å². The van der Waals surface area contributed by atoms with E-state index in [1.54, 1.807) is 0 Å². The van der Waals surface area contributed by atoms with Crippen molar-refractivity contribution in [3.63, 3.8) is 0 Å². The van der Waals surface area contributed by atoms with Gasteiger partial charge in [0.15, 0.2) is 5.82 Å². The summed E-state index contributed by atoms with van der Waals surface area (Å²) in [6.45, 7) is 0. The predicted molar refractivity (Wildman–Crippen MR) is 176 cm³/mol. The third-order valence-electron chi connectivity index (χ3n) is 8.09. The van der Waals surface area contributed by atoms with Crippen LogP contribution in [0, 0.1) is 0 Å². The van der Waals surface area contributed by atoms with Gasteiger partial charge in [-0.3, -0.25) is 0 Å². The number of hydrogen-bond donors (Lipinski definition) is 0. The second kappa shape index (κ2) is 9.10. The zero-order valence-electron chi connectivity index (χ0n) is 22.4. The SMILES string of the molecule is c1ccc(-c2cc(-c3ccccc3)nc(-c3cccc4oc5c(ccc6ccc7sc8ccccc8c7c65)c34)n2)cc1. The fraction of sp³-hybridized carbons (Fsp3) is 0. The summed E-state index contributed by atoms with van der Waals surface area (Å²) in [7, 11) is 0. The quantitative estimate of drug-likeness (QED) is 0.218. The zero-order valence-corrected chi connectivity index (χ0v) is 23.2. The smallest absolute Gasteiger partial charge is 0.161 e. The van der Waals surface area contributed by atoms with E-state index in [9.17, 15) is 0 Å². The van der Waals surface area contributed by atoms with Crippen LogP contribution in [-0.4, -0.2) is 9.97 Å². The Kier molecular flexibility index (Phi) is 5.07. The third kappa shape index (κ3) is 3.52. The molecule has 196 valence electrons. The molecule has 42 heavy (non-hydrogen) atoms. The highest BCUT2D eigenvalue weighted by Crippen LogP contribution is 2.45. The molecule has 9 aromatic rings. The van der Waals surface area contributed by atoms with Gasteiger partial charge < -0.3 is 4.42 Å². The lowest BCUT2D eigenvalue weighted by Gasteiger charge is -2.10. The van der Waals surface area contributed by atoms with Gasteiger partial charge >= 0.3 is 0 Å². The summed E-state index contributed by atoms with van der Waals surface area (Å²) in [5.41, 5.74) is 6.60. The maximum Gasteiger partial charge on any atom is 0.161 e. The summed E-state index contributed by atoms with van der Waals surface area (Å²) in [5, 5.41) is 6.97. The van der Waals surface area contributed by atoms with E-state index in [1.165, 1.54) is 25.6 Å². The van der Waals surface area contributed by atoms with Gasteiger partial charge in [0, 0.05) is 53.0 Å². The van der Waals surface area contributed by atoms with Crippen molar-refractivity contribution in [2.45, 2.75) is 0 Å². The first-order valence-corrected chi connectivity index (χ1v) is 14.8. The van der Waals surface area contributed by atoms with Gasteiger partial charge in [-0.25, -0.2) is 9.97 Å². The van der Waals surface area contributed by atoms with Crippen LogP contribution in [0.2, 0.25) is 0 Å². The summed E-state index contributed by atoms with van der Waals surface area (Å²) in [6.07, 6.45) is 0. The molecule has 0 bridgehead atoms. The fourth-order valence-electron chi connectivity index (χ4n) is 6.17. The van der Waals surface area contributed by atoms with E-state index < -0.39 is 0 Å². The molecule has 4 heteroatoms. The summed E-state index contributed by atoms with van der Waals surface area (Å²) < 4.78 is 9.29. The molecule has 0 radical (unpaired) electrons. The first-order chi connectivity index (χ1) is 20.8. The highest BCUT2D eigenvalue weighted by atomic mass is 32.1. The van der Waals surface area contributed by atoms with Crippen LogP contribution >= 0.6 is 11.3 Å². The minimum atomic E-state index is 0.683. The van der Waals surface area contributed by atoms with Crippen LogP contribution in [0.1, 0.15) is 0 Å². The van der Waals surface area contributed by atoms with Crippen LogP contribution in [-0.2, 0) is 0 Å². The van der Waals surface area contributed by atoms with Gasteiger partial charge in [-0.15, -0.1) is 11.3 Å². The molecule has 0 saturated heterocycles. The van der Waals surface area contributed by atoms with Gasteiger partial charge in [0.25, 0.3) is 0 Å². The molecular formula is C38H22N2OS. The molecule has 6 aromatic carbocycles. The number of benzene rings is 6. The number of rotatable bonds is 3. The molecule has 0 N–H and O–H groups in total. The number of furan rings is 1. The molecule has 3 heterocycles. The molecule has 0 atom stereocenters. The van der Waals surface area contributed by atoms with E-state index in [4.69, 9.17) is 14.4 Å². The van der Waals surface area contributed by atoms with Crippen molar-refractivity contribution in [1.29, 1.82) is 0 Å². The van der Waals surface area contributed by atoms with Gasteiger partial charge in [-0.1, -0.05) is 103 Å². The van der Waals surface area contributed by atoms with Crippen molar-refractivity contribution in [2.75, 3.05) is 0 Å². The molecule has 0 spiro atoms. The summed E-state index contributed by atoms with van der Waals surface area (Å²) in [6, 6.07) is 46.4. The van der Waals surface area contributed by atoms with E-state index >= 15 is 0 Å². The first-order valence-electron chi connectivity index (χ1n) is 14.0. The number of aromatic nitrogens is 2. The molecule has 0 unspecified atom stereocenters. The monoisotopic (exact) mass is 554 g/mol. The normalized spacial score (nSPS) is 11.8. The highest BCUT2D eigenvalue weighted by Gasteiger charge is 2.20. The Morgan fingerprint density at radius 3 is 1.95 bits per heavy atom. The van der Waals surface area contributed by atoms with E-state index in [0.29, 0.717) is 5.82 Å². The second-order valence-electron chi connectivity index (χ2n) is 10.6. The predicted octanol–water partition coefficient (Wildman–Crippen LogP) is 10.9. The Hall–Kier alpha value is -5.32. The maximum atomic E-state index is 6.73. The molecule has 0 aliphatic heterocycles. The summed E-state index contributed by atoms with van der Waals surface area (Å²) >= 11 is 1.83. The lowest BCUT2D eigenvalue weighted by molar-refractivity contribution is 0.673. The van der Waals surface area contributed by atoms with Crippen LogP contribution in [0.4, 0.5) is 0 Å². The van der Waals surface area contributed by atoms with Crippen LogP contribution < -0.4 is 0 Å². The Balaban J connectivity index is 1.37. The van der Waals surface area contributed by atoms with Gasteiger partial charge in [0.05, 0.1) is 11.4 Å². The molecule has 0 amide bonds. The zero-order chi connectivity index (χ0) is 27.6. The maximum absolute atomic E-state index is 6.73. The fourth-order valence-corrected chi connectivity index (χ4v) is 7.29. The second-order valence-corrected chi connectivity index (χ2v) is 11.6. The van der Waals surface area contributed by atoms with Crippen molar-refractivity contribution in [1.82, 2.24) is 9.97 Å².